The van der Waals surface area contributed by atoms with Crippen LogP contribution in [0.3, 0.4) is 0 Å². The zero-order chi connectivity index (χ0) is 20.3. The molecule has 1 heteroatoms. The van der Waals surface area contributed by atoms with E-state index in [1.165, 1.54) is 67.2 Å². The Morgan fingerprint density at radius 1 is 0.862 bits per heavy atom. The quantitative estimate of drug-likeness (QED) is 0.298. The van der Waals surface area contributed by atoms with E-state index in [9.17, 15) is 0 Å². The maximum Gasteiger partial charge on any atom is 0.0721 e. The summed E-state index contributed by atoms with van der Waals surface area (Å²) < 4.78 is 5.63. The van der Waals surface area contributed by atoms with Crippen molar-refractivity contribution in [2.75, 3.05) is 6.61 Å². The van der Waals surface area contributed by atoms with Gasteiger partial charge in [0.15, 0.2) is 0 Å². The Hall–Kier alpha value is -2.12. The van der Waals surface area contributed by atoms with Gasteiger partial charge in [-0.25, -0.2) is 0 Å². The Labute approximate surface area is 177 Å². The maximum absolute atomic E-state index is 5.63. The third-order valence-electron chi connectivity index (χ3n) is 6.27. The van der Waals surface area contributed by atoms with Crippen molar-refractivity contribution in [3.05, 3.63) is 84.5 Å². The molecule has 2 aromatic carbocycles. The van der Waals surface area contributed by atoms with Gasteiger partial charge in [0.25, 0.3) is 0 Å². The Morgan fingerprint density at radius 2 is 1.45 bits per heavy atom. The zero-order valence-corrected chi connectivity index (χ0v) is 18.0. The second-order valence-electron chi connectivity index (χ2n) is 8.43. The van der Waals surface area contributed by atoms with Crippen LogP contribution in [-0.2, 0) is 17.8 Å². The molecule has 1 aliphatic rings. The molecule has 1 fully saturated rings. The number of allylic oxidation sites excluding steroid dienone is 2. The first-order chi connectivity index (χ1) is 14.3. The smallest absolute Gasteiger partial charge is 0.0721 e. The minimum atomic E-state index is 0.666. The molecule has 1 nitrogen and oxygen atoms in total. The summed E-state index contributed by atoms with van der Waals surface area (Å²) in [5, 5.41) is 0. The molecule has 0 spiro atoms. The Bertz CT molecular complexity index is 746. The van der Waals surface area contributed by atoms with Crippen LogP contribution < -0.4 is 0 Å². The molecule has 0 amide bonds. The van der Waals surface area contributed by atoms with Crippen LogP contribution in [0.5, 0.6) is 0 Å². The molecular formula is C28H36O. The van der Waals surface area contributed by atoms with Crippen LogP contribution in [-0.4, -0.2) is 6.61 Å². The van der Waals surface area contributed by atoms with Crippen molar-refractivity contribution >= 4 is 0 Å². The fourth-order valence-electron chi connectivity index (χ4n) is 4.36. The second kappa shape index (κ2) is 11.8. The van der Waals surface area contributed by atoms with Crippen molar-refractivity contribution in [1.82, 2.24) is 0 Å². The van der Waals surface area contributed by atoms with Gasteiger partial charge >= 0.3 is 0 Å². The molecule has 1 aliphatic carbocycles. The topological polar surface area (TPSA) is 9.23 Å². The molecule has 0 atom stereocenters. The van der Waals surface area contributed by atoms with Crippen molar-refractivity contribution in [2.45, 2.75) is 58.5 Å². The average Bonchev–Trinajstić information content (AvgIpc) is 2.77. The van der Waals surface area contributed by atoms with E-state index in [-0.39, 0.29) is 0 Å². The normalized spacial score (nSPS) is 19.5. The molecule has 0 aromatic heterocycles. The summed E-state index contributed by atoms with van der Waals surface area (Å²) in [7, 11) is 0. The molecule has 0 unspecified atom stereocenters. The second-order valence-corrected chi connectivity index (χ2v) is 8.43. The lowest BCUT2D eigenvalue weighted by molar-refractivity contribution is 0.148. The molecule has 0 bridgehead atoms. The molecule has 154 valence electrons. The predicted molar refractivity (Wildman–Crippen MR) is 125 cm³/mol. The Morgan fingerprint density at radius 3 is 2.03 bits per heavy atom. The third kappa shape index (κ3) is 7.01. The highest BCUT2D eigenvalue weighted by atomic mass is 16.5. The molecule has 2 aromatic rings. The van der Waals surface area contributed by atoms with E-state index in [2.05, 4.69) is 61.2 Å². The number of benzene rings is 2. The van der Waals surface area contributed by atoms with Gasteiger partial charge in [-0.15, -0.1) is 6.58 Å². The van der Waals surface area contributed by atoms with E-state index < -0.39 is 0 Å². The van der Waals surface area contributed by atoms with E-state index in [0.717, 1.165) is 11.8 Å². The SMILES string of the molecule is C=CC[C@H]1CC[C@H](CCc2ccc(-c3ccc(COC/C=C/C)cc3)cc2)CC1. The van der Waals surface area contributed by atoms with Crippen LogP contribution in [0.25, 0.3) is 11.1 Å². The molecule has 0 heterocycles. The molecule has 0 aliphatic heterocycles. The summed E-state index contributed by atoms with van der Waals surface area (Å²) in [5.41, 5.74) is 5.25. The monoisotopic (exact) mass is 388 g/mol. The molecule has 29 heavy (non-hydrogen) atoms. The van der Waals surface area contributed by atoms with E-state index in [1.54, 1.807) is 0 Å². The molecule has 3 rings (SSSR count). The van der Waals surface area contributed by atoms with E-state index in [1.807, 2.05) is 19.1 Å². The number of aryl methyl sites for hydroxylation is 1. The Kier molecular flexibility index (Phi) is 8.77. The standard InChI is InChI=1S/C28H36O/c1-3-5-21-29-22-26-15-19-28(20-16-26)27-17-13-25(14-18-27)12-11-24-9-7-23(6-4-2)8-10-24/h3-5,13-20,23-24H,2,6-12,21-22H2,1H3/b5-3+/t23-,24-. The van der Waals surface area contributed by atoms with Gasteiger partial charge in [-0.05, 0) is 73.1 Å². The van der Waals surface area contributed by atoms with Gasteiger partial charge < -0.3 is 4.74 Å². The zero-order valence-electron chi connectivity index (χ0n) is 18.0. The lowest BCUT2D eigenvalue weighted by atomic mass is 9.78. The van der Waals surface area contributed by atoms with Gasteiger partial charge in [0.05, 0.1) is 13.2 Å². The molecular weight excluding hydrogens is 352 g/mol. The van der Waals surface area contributed by atoms with Crippen molar-refractivity contribution in [2.24, 2.45) is 11.8 Å². The van der Waals surface area contributed by atoms with Gasteiger partial charge in [0.1, 0.15) is 0 Å². The summed E-state index contributed by atoms with van der Waals surface area (Å²) in [5.74, 6) is 1.81. The van der Waals surface area contributed by atoms with Gasteiger partial charge in [0, 0.05) is 0 Å². The summed E-state index contributed by atoms with van der Waals surface area (Å²) in [6.45, 7) is 7.25. The fraction of sp³-hybridized carbons (Fsp3) is 0.429. The minimum absolute atomic E-state index is 0.666. The Balaban J connectivity index is 1.45. The lowest BCUT2D eigenvalue weighted by Gasteiger charge is -2.27. The van der Waals surface area contributed by atoms with E-state index in [0.29, 0.717) is 13.2 Å². The van der Waals surface area contributed by atoms with Gasteiger partial charge in [-0.3, -0.25) is 0 Å². The fourth-order valence-corrected chi connectivity index (χ4v) is 4.36. The van der Waals surface area contributed by atoms with Gasteiger partial charge in [0.2, 0.25) is 0 Å². The molecule has 0 radical (unpaired) electrons. The number of hydrogen-bond acceptors (Lipinski definition) is 1. The number of hydrogen-bond donors (Lipinski definition) is 0. The summed E-state index contributed by atoms with van der Waals surface area (Å²) in [4.78, 5) is 0. The molecule has 1 saturated carbocycles. The van der Waals surface area contributed by atoms with Crippen LogP contribution >= 0.6 is 0 Å². The third-order valence-corrected chi connectivity index (χ3v) is 6.27. The first-order valence-corrected chi connectivity index (χ1v) is 11.3. The van der Waals surface area contributed by atoms with Crippen molar-refractivity contribution < 1.29 is 4.74 Å². The van der Waals surface area contributed by atoms with Crippen LogP contribution in [0.2, 0.25) is 0 Å². The van der Waals surface area contributed by atoms with Crippen LogP contribution in [0.15, 0.2) is 73.3 Å². The van der Waals surface area contributed by atoms with E-state index in [4.69, 9.17) is 4.74 Å². The highest BCUT2D eigenvalue weighted by Gasteiger charge is 2.19. The lowest BCUT2D eigenvalue weighted by Crippen LogP contribution is -2.14. The summed E-state index contributed by atoms with van der Waals surface area (Å²) in [6.07, 6.45) is 15.5. The van der Waals surface area contributed by atoms with Gasteiger partial charge in [-0.1, -0.05) is 79.6 Å². The first-order valence-electron chi connectivity index (χ1n) is 11.3. The minimum Gasteiger partial charge on any atom is -0.373 e. The van der Waals surface area contributed by atoms with Gasteiger partial charge in [-0.2, -0.15) is 0 Å². The summed E-state index contributed by atoms with van der Waals surface area (Å²) >= 11 is 0. The van der Waals surface area contributed by atoms with Crippen LogP contribution in [0, 0.1) is 11.8 Å². The van der Waals surface area contributed by atoms with E-state index >= 15 is 0 Å². The van der Waals surface area contributed by atoms with Crippen molar-refractivity contribution in [3.8, 4) is 11.1 Å². The highest BCUT2D eigenvalue weighted by molar-refractivity contribution is 5.63. The van der Waals surface area contributed by atoms with Crippen molar-refractivity contribution in [3.63, 3.8) is 0 Å². The highest BCUT2D eigenvalue weighted by Crippen LogP contribution is 2.33. The average molecular weight is 389 g/mol. The predicted octanol–water partition coefficient (Wildman–Crippen LogP) is 7.76. The molecule has 0 saturated heterocycles. The first kappa shape index (κ1) is 21.6. The van der Waals surface area contributed by atoms with Crippen molar-refractivity contribution in [1.29, 1.82) is 0 Å². The summed E-state index contributed by atoms with van der Waals surface area (Å²) in [6, 6.07) is 17.9. The van der Waals surface area contributed by atoms with Crippen LogP contribution in [0.1, 0.15) is 56.6 Å². The maximum atomic E-state index is 5.63. The molecule has 0 N–H and O–H groups in total. The number of ether oxygens (including phenoxy) is 1. The number of rotatable bonds is 10. The van der Waals surface area contributed by atoms with Crippen LogP contribution in [0.4, 0.5) is 0 Å². The largest absolute Gasteiger partial charge is 0.373 e.